The molecule has 8 nitrogen and oxygen atoms in total. The Bertz CT molecular complexity index is 939. The van der Waals surface area contributed by atoms with Crippen LogP contribution in [-0.4, -0.2) is 25.7 Å². The average molecular weight is 420 g/mol. The molecule has 4 N–H and O–H groups in total. The number of aryl methyl sites for hydroxylation is 1. The number of nitrogens with zero attached hydrogens (tertiary/aromatic N) is 4. The van der Waals surface area contributed by atoms with E-state index in [9.17, 15) is 9.18 Å². The van der Waals surface area contributed by atoms with E-state index in [0.29, 0.717) is 15.7 Å². The molecule has 0 bridgehead atoms. The van der Waals surface area contributed by atoms with Crippen LogP contribution in [-0.2, 0) is 13.6 Å². The largest absolute Gasteiger partial charge is 0.365 e. The summed E-state index contributed by atoms with van der Waals surface area (Å²) in [5.41, 5.74) is 6.57. The molecule has 1 amide bonds. The lowest BCUT2D eigenvalue weighted by Gasteiger charge is -2.12. The Morgan fingerprint density at radius 3 is 2.85 bits per heavy atom. The van der Waals surface area contributed by atoms with Crippen LogP contribution in [0.2, 0.25) is 0 Å². The van der Waals surface area contributed by atoms with Crippen LogP contribution >= 0.6 is 15.9 Å². The van der Waals surface area contributed by atoms with E-state index in [0.717, 1.165) is 0 Å². The summed E-state index contributed by atoms with van der Waals surface area (Å²) in [6.07, 6.45) is 4.66. The average Bonchev–Trinajstić information content (AvgIpc) is 2.99. The van der Waals surface area contributed by atoms with Gasteiger partial charge in [0.1, 0.15) is 11.6 Å². The fourth-order valence-electron chi connectivity index (χ4n) is 2.25. The molecule has 0 fully saturated rings. The number of carbonyl (C=O) groups is 1. The summed E-state index contributed by atoms with van der Waals surface area (Å²) in [6.45, 7) is 0.108. The van der Waals surface area contributed by atoms with Crippen LogP contribution < -0.4 is 16.4 Å². The monoisotopic (exact) mass is 419 g/mol. The molecule has 2 aromatic heterocycles. The molecule has 26 heavy (non-hydrogen) atoms. The highest BCUT2D eigenvalue weighted by Crippen LogP contribution is 2.22. The van der Waals surface area contributed by atoms with Crippen molar-refractivity contribution in [1.29, 1.82) is 0 Å². The van der Waals surface area contributed by atoms with Gasteiger partial charge in [0, 0.05) is 36.0 Å². The second kappa shape index (κ2) is 7.48. The van der Waals surface area contributed by atoms with Gasteiger partial charge in [-0.2, -0.15) is 10.1 Å². The number of benzene rings is 1. The molecule has 0 aliphatic carbocycles. The molecule has 0 unspecified atom stereocenters. The number of carbonyl (C=O) groups excluding carboxylic acids is 1. The van der Waals surface area contributed by atoms with Gasteiger partial charge in [-0.1, -0.05) is 22.0 Å². The summed E-state index contributed by atoms with van der Waals surface area (Å²) >= 11 is 3.30. The maximum Gasteiger partial charge on any atom is 0.254 e. The zero-order valence-electron chi connectivity index (χ0n) is 13.7. The summed E-state index contributed by atoms with van der Waals surface area (Å²) in [6, 6.07) is 4.68. The number of hydrogen-bond acceptors (Lipinski definition) is 6. The third kappa shape index (κ3) is 3.97. The lowest BCUT2D eigenvalue weighted by molar-refractivity contribution is 0.100. The highest BCUT2D eigenvalue weighted by Gasteiger charge is 2.14. The lowest BCUT2D eigenvalue weighted by atomic mass is 10.2. The van der Waals surface area contributed by atoms with E-state index in [1.54, 1.807) is 36.3 Å². The first-order chi connectivity index (χ1) is 12.4. The molecule has 0 aliphatic heterocycles. The number of amides is 1. The van der Waals surface area contributed by atoms with Gasteiger partial charge >= 0.3 is 0 Å². The molecule has 0 atom stereocenters. The first-order valence-corrected chi connectivity index (χ1v) is 8.32. The SMILES string of the molecule is Cn1cc(Nc2ncc(C(N)=O)c(NCc3c(F)cccc3Br)n2)cn1. The molecule has 1 aromatic carbocycles. The van der Waals surface area contributed by atoms with Crippen LogP contribution in [0.1, 0.15) is 15.9 Å². The van der Waals surface area contributed by atoms with Crippen molar-refractivity contribution in [2.75, 3.05) is 10.6 Å². The van der Waals surface area contributed by atoms with Crippen molar-refractivity contribution in [3.63, 3.8) is 0 Å². The van der Waals surface area contributed by atoms with Crippen molar-refractivity contribution >= 4 is 39.3 Å². The van der Waals surface area contributed by atoms with Crippen LogP contribution in [0.5, 0.6) is 0 Å². The molecule has 0 spiro atoms. The first kappa shape index (κ1) is 17.8. The van der Waals surface area contributed by atoms with E-state index in [2.05, 4.69) is 41.6 Å². The Morgan fingerprint density at radius 2 is 2.19 bits per heavy atom. The van der Waals surface area contributed by atoms with Crippen LogP contribution in [0.15, 0.2) is 41.3 Å². The van der Waals surface area contributed by atoms with Gasteiger partial charge in [-0.3, -0.25) is 9.48 Å². The zero-order chi connectivity index (χ0) is 18.7. The summed E-state index contributed by atoms with van der Waals surface area (Å²) in [7, 11) is 1.78. The second-order valence-electron chi connectivity index (χ2n) is 5.40. The number of rotatable bonds is 6. The Morgan fingerprint density at radius 1 is 1.38 bits per heavy atom. The third-order valence-electron chi connectivity index (χ3n) is 3.51. The third-order valence-corrected chi connectivity index (χ3v) is 4.25. The van der Waals surface area contributed by atoms with Crippen molar-refractivity contribution in [3.8, 4) is 0 Å². The number of nitrogens with two attached hydrogens (primary N) is 1. The molecular formula is C16H15BrFN7O. The van der Waals surface area contributed by atoms with Crippen molar-refractivity contribution in [2.24, 2.45) is 12.8 Å². The van der Waals surface area contributed by atoms with Crippen molar-refractivity contribution in [1.82, 2.24) is 19.7 Å². The molecule has 0 saturated carbocycles. The summed E-state index contributed by atoms with van der Waals surface area (Å²) in [5.74, 6) is -0.615. The van der Waals surface area contributed by atoms with Crippen LogP contribution in [0.25, 0.3) is 0 Å². The van der Waals surface area contributed by atoms with E-state index >= 15 is 0 Å². The molecule has 0 saturated heterocycles. The summed E-state index contributed by atoms with van der Waals surface area (Å²) in [4.78, 5) is 20.0. The lowest BCUT2D eigenvalue weighted by Crippen LogP contribution is -2.17. The van der Waals surface area contributed by atoms with Crippen LogP contribution in [0.4, 0.5) is 21.8 Å². The van der Waals surface area contributed by atoms with Gasteiger partial charge in [0.05, 0.1) is 17.4 Å². The van der Waals surface area contributed by atoms with E-state index in [4.69, 9.17) is 5.73 Å². The van der Waals surface area contributed by atoms with Gasteiger partial charge in [-0.15, -0.1) is 0 Å². The number of anilines is 3. The van der Waals surface area contributed by atoms with Gasteiger partial charge in [0.2, 0.25) is 5.95 Å². The van der Waals surface area contributed by atoms with Gasteiger partial charge in [-0.25, -0.2) is 9.37 Å². The minimum atomic E-state index is -0.687. The van der Waals surface area contributed by atoms with Crippen molar-refractivity contribution in [2.45, 2.75) is 6.54 Å². The normalized spacial score (nSPS) is 10.6. The van der Waals surface area contributed by atoms with E-state index < -0.39 is 5.91 Å². The minimum Gasteiger partial charge on any atom is -0.365 e. The van der Waals surface area contributed by atoms with Crippen molar-refractivity contribution in [3.05, 3.63) is 58.2 Å². The molecule has 134 valence electrons. The number of aromatic nitrogens is 4. The standard InChI is InChI=1S/C16H15BrFN7O/c1-25-8-9(5-22-25)23-16-21-7-11(14(19)26)15(24-16)20-6-10-12(17)3-2-4-13(10)18/h2-5,7-8H,6H2,1H3,(H2,19,26)(H2,20,21,23,24). The number of primary amides is 1. The molecule has 0 radical (unpaired) electrons. The molecule has 3 rings (SSSR count). The molecule has 3 aromatic rings. The first-order valence-electron chi connectivity index (χ1n) is 7.53. The zero-order valence-corrected chi connectivity index (χ0v) is 15.3. The van der Waals surface area contributed by atoms with E-state index in [1.807, 2.05) is 0 Å². The smallest absolute Gasteiger partial charge is 0.254 e. The molecule has 0 aliphatic rings. The van der Waals surface area contributed by atoms with Crippen LogP contribution in [0.3, 0.4) is 0 Å². The molecular weight excluding hydrogens is 405 g/mol. The maximum atomic E-state index is 14.0. The number of nitrogens with one attached hydrogen (secondary N) is 2. The number of halogens is 2. The summed E-state index contributed by atoms with van der Waals surface area (Å²) < 4.78 is 16.2. The van der Waals surface area contributed by atoms with Gasteiger partial charge < -0.3 is 16.4 Å². The predicted octanol–water partition coefficient (Wildman–Crippen LogP) is 2.57. The van der Waals surface area contributed by atoms with Gasteiger partial charge in [0.15, 0.2) is 0 Å². The Hall–Kier alpha value is -3.01. The highest BCUT2D eigenvalue weighted by molar-refractivity contribution is 9.10. The van der Waals surface area contributed by atoms with E-state index in [-0.39, 0.29) is 29.7 Å². The minimum absolute atomic E-state index is 0.106. The Kier molecular flexibility index (Phi) is 5.12. The fraction of sp³-hybridized carbons (Fsp3) is 0.125. The highest BCUT2D eigenvalue weighted by atomic mass is 79.9. The Balaban J connectivity index is 1.86. The molecule has 10 heteroatoms. The maximum absolute atomic E-state index is 14.0. The quantitative estimate of drug-likeness (QED) is 0.566. The number of hydrogen-bond donors (Lipinski definition) is 3. The summed E-state index contributed by atoms with van der Waals surface area (Å²) in [5, 5.41) is 9.95. The predicted molar refractivity (Wildman–Crippen MR) is 98.5 cm³/mol. The van der Waals surface area contributed by atoms with Gasteiger partial charge in [0.25, 0.3) is 5.91 Å². The van der Waals surface area contributed by atoms with Crippen LogP contribution in [0, 0.1) is 5.82 Å². The fourth-order valence-corrected chi connectivity index (χ4v) is 2.73. The molecule has 2 heterocycles. The second-order valence-corrected chi connectivity index (χ2v) is 6.26. The Labute approximate surface area is 156 Å². The van der Waals surface area contributed by atoms with Gasteiger partial charge in [-0.05, 0) is 12.1 Å². The topological polar surface area (TPSA) is 111 Å². The van der Waals surface area contributed by atoms with E-state index in [1.165, 1.54) is 12.3 Å². The van der Waals surface area contributed by atoms with Crippen molar-refractivity contribution < 1.29 is 9.18 Å².